The van der Waals surface area contributed by atoms with Gasteiger partial charge in [0.2, 0.25) is 0 Å². The number of nitrogens with one attached hydrogen (secondary N) is 1. The average molecular weight is 435 g/mol. The van der Waals surface area contributed by atoms with Gasteiger partial charge in [-0.1, -0.05) is 18.2 Å². The molecule has 8 heteroatoms. The zero-order valence-electron chi connectivity index (χ0n) is 16.1. The number of carbonyl (C=O) groups is 1. The lowest BCUT2D eigenvalue weighted by Crippen LogP contribution is -2.25. The molecule has 5 rings (SSSR count). The fourth-order valence-corrected chi connectivity index (χ4v) is 4.93. The van der Waals surface area contributed by atoms with Crippen LogP contribution in [0.3, 0.4) is 0 Å². The van der Waals surface area contributed by atoms with Gasteiger partial charge in [0.25, 0.3) is 5.91 Å². The van der Waals surface area contributed by atoms with Crippen LogP contribution in [-0.4, -0.2) is 20.3 Å². The first-order valence-electron chi connectivity index (χ1n) is 9.46. The molecule has 1 unspecified atom stereocenters. The summed E-state index contributed by atoms with van der Waals surface area (Å²) < 4.78 is 7.87. The van der Waals surface area contributed by atoms with Crippen LogP contribution in [0.25, 0.3) is 15.3 Å². The third-order valence-corrected chi connectivity index (χ3v) is 6.56. The Morgan fingerprint density at radius 2 is 2.17 bits per heavy atom. The van der Waals surface area contributed by atoms with Crippen LogP contribution in [0, 0.1) is 0 Å². The fourth-order valence-electron chi connectivity index (χ4n) is 3.23. The van der Waals surface area contributed by atoms with Crippen molar-refractivity contribution >= 4 is 43.9 Å². The molecule has 0 saturated heterocycles. The third kappa shape index (κ3) is 3.67. The number of nitrogens with zero attached hydrogens (tertiary/aromatic N) is 3. The smallest absolute Gasteiger partial charge is 0.261 e. The predicted octanol–water partition coefficient (Wildman–Crippen LogP) is 5.08. The maximum atomic E-state index is 12.8. The van der Waals surface area contributed by atoms with Gasteiger partial charge in [-0.2, -0.15) is 0 Å². The molecule has 30 heavy (non-hydrogen) atoms. The molecule has 0 saturated carbocycles. The van der Waals surface area contributed by atoms with E-state index < -0.39 is 0 Å². The first kappa shape index (κ1) is 18.8. The Kier molecular flexibility index (Phi) is 4.94. The van der Waals surface area contributed by atoms with Crippen molar-refractivity contribution in [3.8, 4) is 5.75 Å². The molecule has 1 atom stereocenters. The lowest BCUT2D eigenvalue weighted by molar-refractivity contribution is 0.0944. The van der Waals surface area contributed by atoms with Gasteiger partial charge in [0.05, 0.1) is 22.1 Å². The van der Waals surface area contributed by atoms with Crippen molar-refractivity contribution in [1.29, 1.82) is 0 Å². The number of rotatable bonds is 6. The molecule has 1 aromatic carbocycles. The number of hydrogen-bond acceptors (Lipinski definition) is 6. The molecule has 150 valence electrons. The highest BCUT2D eigenvalue weighted by molar-refractivity contribution is 7.21. The highest BCUT2D eigenvalue weighted by Crippen LogP contribution is 2.29. The molecule has 0 spiro atoms. The number of thiophene rings is 1. The number of pyridine rings is 1. The molecule has 6 nitrogen and oxygen atoms in total. The first-order chi connectivity index (χ1) is 14.7. The standard InChI is InChI=1S/C22H18N4O2S2/c1-14(15-5-4-7-17(11-15)28-13-16-6-2-3-8-23-16)24-20(27)19-12-18-21(30-19)25-22-26(18)9-10-29-22/h2-12,14H,13H2,1H3,(H,24,27). The number of thiazole rings is 1. The number of hydrogen-bond donors (Lipinski definition) is 1. The van der Waals surface area contributed by atoms with Crippen LogP contribution in [0.4, 0.5) is 0 Å². The Labute approximate surface area is 180 Å². The normalized spacial score (nSPS) is 12.3. The quantitative estimate of drug-likeness (QED) is 0.405. The first-order valence-corrected chi connectivity index (χ1v) is 11.2. The van der Waals surface area contributed by atoms with E-state index in [2.05, 4.69) is 15.3 Å². The molecule has 1 amide bonds. The van der Waals surface area contributed by atoms with E-state index in [9.17, 15) is 4.79 Å². The summed E-state index contributed by atoms with van der Waals surface area (Å²) in [4.78, 5) is 24.1. The topological polar surface area (TPSA) is 68.5 Å². The van der Waals surface area contributed by atoms with E-state index in [-0.39, 0.29) is 11.9 Å². The van der Waals surface area contributed by atoms with Crippen molar-refractivity contribution in [3.63, 3.8) is 0 Å². The number of aromatic nitrogens is 3. The number of amides is 1. The van der Waals surface area contributed by atoms with Crippen molar-refractivity contribution < 1.29 is 9.53 Å². The van der Waals surface area contributed by atoms with Crippen molar-refractivity contribution in [1.82, 2.24) is 19.7 Å². The second kappa shape index (κ2) is 7.89. The monoisotopic (exact) mass is 434 g/mol. The van der Waals surface area contributed by atoms with E-state index in [4.69, 9.17) is 4.74 Å². The van der Waals surface area contributed by atoms with Gasteiger partial charge in [-0.25, -0.2) is 4.98 Å². The van der Waals surface area contributed by atoms with Gasteiger partial charge in [-0.3, -0.25) is 14.2 Å². The number of ether oxygens (including phenoxy) is 1. The molecule has 0 bridgehead atoms. The van der Waals surface area contributed by atoms with Gasteiger partial charge in [0.1, 0.15) is 17.2 Å². The summed E-state index contributed by atoms with van der Waals surface area (Å²) in [7, 11) is 0. The molecule has 0 aliphatic heterocycles. The lowest BCUT2D eigenvalue weighted by Gasteiger charge is -2.15. The second-order valence-electron chi connectivity index (χ2n) is 6.85. The second-order valence-corrected chi connectivity index (χ2v) is 8.75. The van der Waals surface area contributed by atoms with Crippen LogP contribution in [-0.2, 0) is 6.61 Å². The largest absolute Gasteiger partial charge is 0.487 e. The number of imidazole rings is 1. The average Bonchev–Trinajstić information content (AvgIpc) is 3.46. The van der Waals surface area contributed by atoms with Crippen LogP contribution in [0.5, 0.6) is 5.75 Å². The van der Waals surface area contributed by atoms with Crippen LogP contribution in [0.1, 0.15) is 33.9 Å². The van der Waals surface area contributed by atoms with Gasteiger partial charge < -0.3 is 10.1 Å². The molecule has 0 fully saturated rings. The predicted molar refractivity (Wildman–Crippen MR) is 119 cm³/mol. The van der Waals surface area contributed by atoms with Crippen LogP contribution >= 0.6 is 22.7 Å². The van der Waals surface area contributed by atoms with Crippen molar-refractivity contribution in [2.45, 2.75) is 19.6 Å². The Hall–Kier alpha value is -3.23. The van der Waals surface area contributed by atoms with Crippen molar-refractivity contribution in [2.24, 2.45) is 0 Å². The van der Waals surface area contributed by atoms with Crippen LogP contribution in [0.2, 0.25) is 0 Å². The molecule has 4 heterocycles. The zero-order chi connectivity index (χ0) is 20.5. The third-order valence-electron chi connectivity index (χ3n) is 4.78. The number of fused-ring (bicyclic) bond motifs is 3. The van der Waals surface area contributed by atoms with Gasteiger partial charge in [0.15, 0.2) is 4.96 Å². The molecule has 1 N–H and O–H groups in total. The summed E-state index contributed by atoms with van der Waals surface area (Å²) in [6, 6.07) is 15.3. The minimum atomic E-state index is -0.158. The maximum Gasteiger partial charge on any atom is 0.261 e. The maximum absolute atomic E-state index is 12.8. The minimum absolute atomic E-state index is 0.103. The Morgan fingerprint density at radius 3 is 3.03 bits per heavy atom. The summed E-state index contributed by atoms with van der Waals surface area (Å²) in [5, 5.41) is 5.07. The summed E-state index contributed by atoms with van der Waals surface area (Å²) in [5.41, 5.74) is 2.82. The van der Waals surface area contributed by atoms with Gasteiger partial charge in [0, 0.05) is 17.8 Å². The highest BCUT2D eigenvalue weighted by Gasteiger charge is 2.17. The van der Waals surface area contributed by atoms with E-state index in [0.717, 1.165) is 32.3 Å². The van der Waals surface area contributed by atoms with Gasteiger partial charge >= 0.3 is 0 Å². The Balaban J connectivity index is 1.28. The molecule has 5 aromatic rings. The van der Waals surface area contributed by atoms with Gasteiger partial charge in [-0.05, 0) is 42.8 Å². The minimum Gasteiger partial charge on any atom is -0.487 e. The van der Waals surface area contributed by atoms with Crippen molar-refractivity contribution in [2.75, 3.05) is 0 Å². The summed E-state index contributed by atoms with van der Waals surface area (Å²) in [6.45, 7) is 2.37. The Bertz CT molecular complexity index is 1320. The van der Waals surface area contributed by atoms with Crippen LogP contribution < -0.4 is 10.1 Å². The number of carbonyl (C=O) groups excluding carboxylic acids is 1. The van der Waals surface area contributed by atoms with Crippen LogP contribution in [0.15, 0.2) is 66.3 Å². The van der Waals surface area contributed by atoms with E-state index in [1.54, 1.807) is 17.5 Å². The zero-order valence-corrected chi connectivity index (χ0v) is 17.7. The van der Waals surface area contributed by atoms with E-state index >= 15 is 0 Å². The number of benzene rings is 1. The molecule has 0 aliphatic carbocycles. The van der Waals surface area contributed by atoms with E-state index in [0.29, 0.717) is 11.5 Å². The molecule has 0 radical (unpaired) electrons. The summed E-state index contributed by atoms with van der Waals surface area (Å²) >= 11 is 3.00. The molecular weight excluding hydrogens is 416 g/mol. The summed E-state index contributed by atoms with van der Waals surface area (Å²) in [5.74, 6) is 0.642. The lowest BCUT2D eigenvalue weighted by atomic mass is 10.1. The summed E-state index contributed by atoms with van der Waals surface area (Å²) in [6.07, 6.45) is 3.72. The van der Waals surface area contributed by atoms with Gasteiger partial charge in [-0.15, -0.1) is 22.7 Å². The van der Waals surface area contributed by atoms with Crippen molar-refractivity contribution in [3.05, 3.63) is 82.4 Å². The fraction of sp³-hybridized carbons (Fsp3) is 0.136. The molecular formula is C22H18N4O2S2. The van der Waals surface area contributed by atoms with E-state index in [1.807, 2.05) is 71.4 Å². The van der Waals surface area contributed by atoms with E-state index in [1.165, 1.54) is 11.3 Å². The Morgan fingerprint density at radius 1 is 1.23 bits per heavy atom. The molecule has 4 aromatic heterocycles. The SMILES string of the molecule is CC(NC(=O)c1cc2c(nc3sccn32)s1)c1cccc(OCc2ccccn2)c1. The highest BCUT2D eigenvalue weighted by atomic mass is 32.1. The molecule has 0 aliphatic rings.